The van der Waals surface area contributed by atoms with Crippen LogP contribution in [0.15, 0.2) is 0 Å². The number of alkyl halides is 1. The molecule has 0 aromatic carbocycles. The molecular weight excluding hydrogens is 152 g/mol. The van der Waals surface area contributed by atoms with Gasteiger partial charge in [0.1, 0.15) is 0 Å². The lowest BCUT2D eigenvalue weighted by atomic mass is 10.0. The van der Waals surface area contributed by atoms with Crippen LogP contribution in [0.4, 0.5) is 0 Å². The molecule has 1 saturated carbocycles. The lowest BCUT2D eigenvalue weighted by molar-refractivity contribution is 0.615. The fourth-order valence-electron chi connectivity index (χ4n) is 0.886. The van der Waals surface area contributed by atoms with E-state index in [9.17, 15) is 0 Å². The second kappa shape index (κ2) is 2.71. The molecule has 7 heavy (non-hydrogen) atoms. The highest BCUT2D eigenvalue weighted by Gasteiger charge is 2.07. The zero-order valence-electron chi connectivity index (χ0n) is 4.36. The molecule has 0 nitrogen and oxygen atoms in total. The molecule has 0 aliphatic heterocycles. The van der Waals surface area contributed by atoms with E-state index in [1.54, 1.807) is 0 Å². The molecule has 1 heteroatoms. The van der Waals surface area contributed by atoms with Crippen molar-refractivity contribution >= 4 is 15.9 Å². The van der Waals surface area contributed by atoms with Crippen LogP contribution in [0.1, 0.15) is 25.7 Å². The smallest absolute Gasteiger partial charge is 0.0146 e. The monoisotopic (exact) mass is 161 g/mol. The van der Waals surface area contributed by atoms with Gasteiger partial charge >= 0.3 is 0 Å². The molecule has 0 aromatic rings. The van der Waals surface area contributed by atoms with E-state index in [4.69, 9.17) is 0 Å². The van der Waals surface area contributed by atoms with Crippen LogP contribution < -0.4 is 0 Å². The highest BCUT2D eigenvalue weighted by atomic mass is 79.9. The third-order valence-corrected chi connectivity index (χ3v) is 2.28. The summed E-state index contributed by atoms with van der Waals surface area (Å²) < 4.78 is 0. The Morgan fingerprint density at radius 3 is 2.14 bits per heavy atom. The third-order valence-electron chi connectivity index (χ3n) is 1.37. The van der Waals surface area contributed by atoms with Gasteiger partial charge in [0.15, 0.2) is 0 Å². The van der Waals surface area contributed by atoms with Crippen LogP contribution in [0.5, 0.6) is 0 Å². The van der Waals surface area contributed by atoms with Gasteiger partial charge in [0.2, 0.25) is 0 Å². The molecule has 0 bridgehead atoms. The van der Waals surface area contributed by atoms with Gasteiger partial charge in [-0.3, -0.25) is 0 Å². The first-order valence-electron chi connectivity index (χ1n) is 2.85. The maximum Gasteiger partial charge on any atom is 0.0146 e. The van der Waals surface area contributed by atoms with Gasteiger partial charge in [0, 0.05) is 4.83 Å². The van der Waals surface area contributed by atoms with E-state index in [0.29, 0.717) is 0 Å². The first kappa shape index (κ1) is 5.61. The molecule has 1 aliphatic rings. The Kier molecular flexibility index (Phi) is 2.17. The maximum atomic E-state index is 3.57. The van der Waals surface area contributed by atoms with E-state index < -0.39 is 0 Å². The van der Waals surface area contributed by atoms with E-state index in [1.807, 2.05) is 0 Å². The summed E-state index contributed by atoms with van der Waals surface area (Å²) in [5.41, 5.74) is 0. The van der Waals surface area contributed by atoms with Crippen molar-refractivity contribution in [1.29, 1.82) is 0 Å². The molecule has 0 spiro atoms. The number of halogens is 1. The molecular formula is C6H10Br. The SMILES string of the molecule is BrC1CC[CH]CC1. The molecule has 0 atom stereocenters. The van der Waals surface area contributed by atoms with Gasteiger partial charge in [0.05, 0.1) is 0 Å². The van der Waals surface area contributed by atoms with Crippen LogP contribution in [0.25, 0.3) is 0 Å². The predicted octanol–water partition coefficient (Wildman–Crippen LogP) is 2.53. The standard InChI is InChI=1S/C6H10Br/c7-6-4-2-1-3-5-6/h1,6H,2-5H2. The summed E-state index contributed by atoms with van der Waals surface area (Å²) in [7, 11) is 0. The largest absolute Gasteiger partial charge is 0.0891 e. The van der Waals surface area contributed by atoms with E-state index >= 15 is 0 Å². The van der Waals surface area contributed by atoms with Crippen molar-refractivity contribution < 1.29 is 0 Å². The maximum absolute atomic E-state index is 3.57. The molecule has 1 rings (SSSR count). The Morgan fingerprint density at radius 1 is 1.29 bits per heavy atom. The Morgan fingerprint density at radius 2 is 1.86 bits per heavy atom. The molecule has 0 heterocycles. The van der Waals surface area contributed by atoms with E-state index in [1.165, 1.54) is 25.7 Å². The van der Waals surface area contributed by atoms with Gasteiger partial charge in [-0.05, 0) is 32.1 Å². The van der Waals surface area contributed by atoms with Crippen molar-refractivity contribution in [3.05, 3.63) is 6.42 Å². The normalized spacial score (nSPS) is 25.3. The van der Waals surface area contributed by atoms with Crippen LogP contribution >= 0.6 is 15.9 Å². The van der Waals surface area contributed by atoms with E-state index in [-0.39, 0.29) is 0 Å². The quantitative estimate of drug-likeness (QED) is 0.480. The molecule has 0 saturated heterocycles. The topological polar surface area (TPSA) is 0 Å². The van der Waals surface area contributed by atoms with Crippen LogP contribution in [0.3, 0.4) is 0 Å². The minimum absolute atomic E-state index is 0.817. The van der Waals surface area contributed by atoms with E-state index in [0.717, 1.165) is 4.83 Å². The third kappa shape index (κ3) is 1.81. The zero-order chi connectivity index (χ0) is 5.11. The summed E-state index contributed by atoms with van der Waals surface area (Å²) in [5.74, 6) is 0. The predicted molar refractivity (Wildman–Crippen MR) is 35.5 cm³/mol. The average Bonchev–Trinajstić information content (AvgIpc) is 1.69. The highest BCUT2D eigenvalue weighted by Crippen LogP contribution is 2.22. The van der Waals surface area contributed by atoms with E-state index in [2.05, 4.69) is 22.4 Å². The summed E-state index contributed by atoms with van der Waals surface area (Å²) in [6.45, 7) is 0. The highest BCUT2D eigenvalue weighted by molar-refractivity contribution is 9.09. The van der Waals surface area contributed by atoms with Crippen molar-refractivity contribution in [3.63, 3.8) is 0 Å². The van der Waals surface area contributed by atoms with Crippen molar-refractivity contribution in [2.45, 2.75) is 30.5 Å². The Labute approximate surface area is 53.4 Å². The van der Waals surface area contributed by atoms with Crippen molar-refractivity contribution in [2.75, 3.05) is 0 Å². The minimum Gasteiger partial charge on any atom is -0.0891 e. The average molecular weight is 162 g/mol. The van der Waals surface area contributed by atoms with Gasteiger partial charge in [0.25, 0.3) is 0 Å². The zero-order valence-corrected chi connectivity index (χ0v) is 5.95. The van der Waals surface area contributed by atoms with Crippen molar-refractivity contribution in [1.82, 2.24) is 0 Å². The lowest BCUT2D eigenvalue weighted by Gasteiger charge is -2.13. The number of hydrogen-bond acceptors (Lipinski definition) is 0. The molecule has 1 fully saturated rings. The molecule has 1 aliphatic carbocycles. The van der Waals surface area contributed by atoms with Crippen LogP contribution in [-0.4, -0.2) is 4.83 Å². The fraction of sp³-hybridized carbons (Fsp3) is 0.833. The van der Waals surface area contributed by atoms with Crippen LogP contribution in [-0.2, 0) is 0 Å². The number of rotatable bonds is 0. The Hall–Kier alpha value is 0.480. The van der Waals surface area contributed by atoms with Gasteiger partial charge in [-0.2, -0.15) is 0 Å². The molecule has 0 amide bonds. The summed E-state index contributed by atoms with van der Waals surface area (Å²) in [4.78, 5) is 0.817. The van der Waals surface area contributed by atoms with Crippen LogP contribution in [0.2, 0.25) is 0 Å². The molecule has 0 unspecified atom stereocenters. The first-order chi connectivity index (χ1) is 3.39. The second-order valence-corrected chi connectivity index (χ2v) is 3.34. The Balaban J connectivity index is 2.12. The van der Waals surface area contributed by atoms with Crippen LogP contribution in [0, 0.1) is 6.42 Å². The van der Waals surface area contributed by atoms with Gasteiger partial charge in [-0.1, -0.05) is 15.9 Å². The minimum atomic E-state index is 0.817. The lowest BCUT2D eigenvalue weighted by Crippen LogP contribution is -2.03. The fourth-order valence-corrected chi connectivity index (χ4v) is 1.41. The molecule has 41 valence electrons. The van der Waals surface area contributed by atoms with Gasteiger partial charge in [-0.15, -0.1) is 0 Å². The molecule has 0 N–H and O–H groups in total. The van der Waals surface area contributed by atoms with Gasteiger partial charge in [-0.25, -0.2) is 0 Å². The van der Waals surface area contributed by atoms with Crippen molar-refractivity contribution in [2.24, 2.45) is 0 Å². The van der Waals surface area contributed by atoms with Crippen molar-refractivity contribution in [3.8, 4) is 0 Å². The molecule has 0 aromatic heterocycles. The number of hydrogen-bond donors (Lipinski definition) is 0. The summed E-state index contributed by atoms with van der Waals surface area (Å²) in [5, 5.41) is 0. The summed E-state index contributed by atoms with van der Waals surface area (Å²) in [6, 6.07) is 0. The summed E-state index contributed by atoms with van der Waals surface area (Å²) >= 11 is 3.57. The summed E-state index contributed by atoms with van der Waals surface area (Å²) in [6.07, 6.45) is 7.70. The molecule has 1 radical (unpaired) electrons. The van der Waals surface area contributed by atoms with Gasteiger partial charge < -0.3 is 0 Å². The first-order valence-corrected chi connectivity index (χ1v) is 3.77. The second-order valence-electron chi connectivity index (χ2n) is 2.04. The Bertz CT molecular complexity index is 46.1.